The Bertz CT molecular complexity index is 243. The van der Waals surface area contributed by atoms with Gasteiger partial charge in [-0.1, -0.05) is 45.4 Å². The Kier molecular flexibility index (Phi) is 5.89. The highest BCUT2D eigenvalue weighted by molar-refractivity contribution is 5.83. The minimum absolute atomic E-state index is 0.411. The molecular formula is C16H28N2. The Balaban J connectivity index is 1.71. The van der Waals surface area contributed by atoms with E-state index in [1.54, 1.807) is 0 Å². The summed E-state index contributed by atoms with van der Waals surface area (Å²) in [6.45, 7) is 2.21. The molecule has 0 radical (unpaired) electrons. The van der Waals surface area contributed by atoms with E-state index in [2.05, 4.69) is 19.4 Å². The van der Waals surface area contributed by atoms with E-state index in [-0.39, 0.29) is 0 Å². The first-order valence-corrected chi connectivity index (χ1v) is 7.91. The lowest BCUT2D eigenvalue weighted by Gasteiger charge is -2.18. The summed E-state index contributed by atoms with van der Waals surface area (Å²) in [7, 11) is 0. The zero-order valence-corrected chi connectivity index (χ0v) is 11.9. The van der Waals surface area contributed by atoms with Gasteiger partial charge in [0.25, 0.3) is 0 Å². The van der Waals surface area contributed by atoms with Gasteiger partial charge in [0.15, 0.2) is 0 Å². The van der Waals surface area contributed by atoms with Crippen LogP contribution in [0, 0.1) is 5.92 Å². The van der Waals surface area contributed by atoms with Crippen LogP contribution in [0.25, 0.3) is 0 Å². The maximum Gasteiger partial charge on any atom is 0.0496 e. The molecule has 18 heavy (non-hydrogen) atoms. The fourth-order valence-electron chi connectivity index (χ4n) is 3.01. The van der Waals surface area contributed by atoms with Crippen molar-refractivity contribution in [1.29, 1.82) is 0 Å². The first-order valence-electron chi connectivity index (χ1n) is 7.91. The Hall–Kier alpha value is -0.660. The van der Waals surface area contributed by atoms with Crippen molar-refractivity contribution in [1.82, 2.24) is 0 Å². The van der Waals surface area contributed by atoms with Gasteiger partial charge in [-0.3, -0.25) is 9.98 Å². The molecule has 0 heterocycles. The van der Waals surface area contributed by atoms with E-state index >= 15 is 0 Å². The quantitative estimate of drug-likeness (QED) is 0.658. The molecule has 2 heteroatoms. The standard InChI is InChI=1S/C16H28N2/c1-14(12-17-15-8-4-2-5-9-15)13-18-16-10-6-3-7-11-16/h12-16H,2-11H2,1H3. The van der Waals surface area contributed by atoms with Gasteiger partial charge in [-0.2, -0.15) is 0 Å². The van der Waals surface area contributed by atoms with E-state index in [0.29, 0.717) is 18.0 Å². The highest BCUT2D eigenvalue weighted by Gasteiger charge is 2.12. The Morgan fingerprint density at radius 3 is 1.50 bits per heavy atom. The maximum absolute atomic E-state index is 4.73. The number of aliphatic imine (C=N–C) groups is 2. The van der Waals surface area contributed by atoms with E-state index in [0.717, 1.165) is 0 Å². The van der Waals surface area contributed by atoms with Gasteiger partial charge in [0.05, 0.1) is 0 Å². The van der Waals surface area contributed by atoms with Crippen molar-refractivity contribution < 1.29 is 0 Å². The summed E-state index contributed by atoms with van der Waals surface area (Å²) in [5.41, 5.74) is 0. The summed E-state index contributed by atoms with van der Waals surface area (Å²) in [6, 6.07) is 1.20. The summed E-state index contributed by atoms with van der Waals surface area (Å²) < 4.78 is 0. The van der Waals surface area contributed by atoms with Crippen molar-refractivity contribution in [2.75, 3.05) is 0 Å². The van der Waals surface area contributed by atoms with E-state index in [1.807, 2.05) is 0 Å². The zero-order chi connectivity index (χ0) is 12.6. The SMILES string of the molecule is CC(C=NC1CCCCC1)C=NC1CCCCC1. The van der Waals surface area contributed by atoms with Crippen LogP contribution in [0.15, 0.2) is 9.98 Å². The maximum atomic E-state index is 4.73. The van der Waals surface area contributed by atoms with Crippen LogP contribution in [-0.4, -0.2) is 24.5 Å². The molecule has 0 aromatic heterocycles. The van der Waals surface area contributed by atoms with Crippen molar-refractivity contribution in [3.8, 4) is 0 Å². The predicted octanol–water partition coefficient (Wildman–Crippen LogP) is 4.43. The second kappa shape index (κ2) is 7.70. The molecule has 0 spiro atoms. The van der Waals surface area contributed by atoms with Crippen molar-refractivity contribution in [3.63, 3.8) is 0 Å². The average Bonchev–Trinajstić information content (AvgIpc) is 2.45. The molecular weight excluding hydrogens is 220 g/mol. The lowest BCUT2D eigenvalue weighted by Crippen LogP contribution is -2.13. The molecule has 102 valence electrons. The molecule has 0 N–H and O–H groups in total. The van der Waals surface area contributed by atoms with E-state index in [9.17, 15) is 0 Å². The van der Waals surface area contributed by atoms with Crippen LogP contribution < -0.4 is 0 Å². The van der Waals surface area contributed by atoms with Crippen LogP contribution in [0.2, 0.25) is 0 Å². The summed E-state index contributed by atoms with van der Waals surface area (Å²) >= 11 is 0. The minimum atomic E-state index is 0.411. The number of hydrogen-bond acceptors (Lipinski definition) is 2. The highest BCUT2D eigenvalue weighted by atomic mass is 14.8. The molecule has 0 aromatic carbocycles. The van der Waals surface area contributed by atoms with Crippen LogP contribution in [0.3, 0.4) is 0 Å². The number of hydrogen-bond donors (Lipinski definition) is 0. The fourth-order valence-corrected chi connectivity index (χ4v) is 3.01. The summed E-state index contributed by atoms with van der Waals surface area (Å²) in [4.78, 5) is 9.46. The predicted molar refractivity (Wildman–Crippen MR) is 79.9 cm³/mol. The molecule has 2 nitrogen and oxygen atoms in total. The van der Waals surface area contributed by atoms with Crippen molar-refractivity contribution in [2.24, 2.45) is 15.9 Å². The van der Waals surface area contributed by atoms with Gasteiger partial charge in [0, 0.05) is 30.4 Å². The molecule has 0 aliphatic heterocycles. The normalized spacial score (nSPS) is 26.1. The third-order valence-corrected chi connectivity index (χ3v) is 4.21. The molecule has 0 unspecified atom stereocenters. The van der Waals surface area contributed by atoms with Gasteiger partial charge in [0.2, 0.25) is 0 Å². The summed E-state index contributed by atoms with van der Waals surface area (Å²) in [5, 5.41) is 0. The molecule has 2 rings (SSSR count). The molecule has 0 aromatic rings. The fraction of sp³-hybridized carbons (Fsp3) is 0.875. The topological polar surface area (TPSA) is 24.7 Å². The summed E-state index contributed by atoms with van der Waals surface area (Å²) in [5.74, 6) is 0.411. The molecule has 0 amide bonds. The number of nitrogens with zero attached hydrogens (tertiary/aromatic N) is 2. The highest BCUT2D eigenvalue weighted by Crippen LogP contribution is 2.21. The van der Waals surface area contributed by atoms with Crippen LogP contribution in [0.5, 0.6) is 0 Å². The third-order valence-electron chi connectivity index (χ3n) is 4.21. The molecule has 0 atom stereocenters. The van der Waals surface area contributed by atoms with E-state index in [1.165, 1.54) is 64.2 Å². The lowest BCUT2D eigenvalue weighted by atomic mass is 9.96. The van der Waals surface area contributed by atoms with Gasteiger partial charge in [0.1, 0.15) is 0 Å². The first-order chi connectivity index (χ1) is 8.84. The third kappa shape index (κ3) is 4.91. The van der Waals surface area contributed by atoms with Gasteiger partial charge in [-0.15, -0.1) is 0 Å². The van der Waals surface area contributed by atoms with Crippen LogP contribution in [0.1, 0.15) is 71.1 Å². The monoisotopic (exact) mass is 248 g/mol. The molecule has 2 aliphatic rings. The van der Waals surface area contributed by atoms with Crippen molar-refractivity contribution in [2.45, 2.75) is 83.2 Å². The van der Waals surface area contributed by atoms with Gasteiger partial charge < -0.3 is 0 Å². The minimum Gasteiger partial charge on any atom is -0.294 e. The van der Waals surface area contributed by atoms with Gasteiger partial charge in [-0.25, -0.2) is 0 Å². The van der Waals surface area contributed by atoms with Crippen LogP contribution >= 0.6 is 0 Å². The molecule has 2 saturated carbocycles. The van der Waals surface area contributed by atoms with Crippen LogP contribution in [0.4, 0.5) is 0 Å². The summed E-state index contributed by atoms with van der Waals surface area (Å²) in [6.07, 6.45) is 17.7. The van der Waals surface area contributed by atoms with Crippen molar-refractivity contribution >= 4 is 12.4 Å². The molecule has 0 saturated heterocycles. The van der Waals surface area contributed by atoms with Crippen molar-refractivity contribution in [3.05, 3.63) is 0 Å². The van der Waals surface area contributed by atoms with E-state index < -0.39 is 0 Å². The zero-order valence-electron chi connectivity index (χ0n) is 11.9. The second-order valence-corrected chi connectivity index (χ2v) is 6.04. The van der Waals surface area contributed by atoms with Gasteiger partial charge >= 0.3 is 0 Å². The average molecular weight is 248 g/mol. The Morgan fingerprint density at radius 2 is 1.11 bits per heavy atom. The van der Waals surface area contributed by atoms with Gasteiger partial charge in [-0.05, 0) is 25.7 Å². The first kappa shape index (κ1) is 13.8. The molecule has 2 fully saturated rings. The molecule has 2 aliphatic carbocycles. The lowest BCUT2D eigenvalue weighted by molar-refractivity contribution is 0.442. The van der Waals surface area contributed by atoms with Crippen LogP contribution in [-0.2, 0) is 0 Å². The molecule has 0 bridgehead atoms. The number of rotatable bonds is 4. The van der Waals surface area contributed by atoms with E-state index in [4.69, 9.17) is 9.98 Å². The second-order valence-electron chi connectivity index (χ2n) is 6.04. The largest absolute Gasteiger partial charge is 0.294 e. The smallest absolute Gasteiger partial charge is 0.0496 e. The Labute approximate surface area is 112 Å². The Morgan fingerprint density at radius 1 is 0.722 bits per heavy atom.